The quantitative estimate of drug-likeness (QED) is 0.631. The van der Waals surface area contributed by atoms with Crippen LogP contribution in [0, 0.1) is 5.82 Å². The highest BCUT2D eigenvalue weighted by molar-refractivity contribution is 7.89. The number of carbonyl (C=O) groups excluding carboxylic acids is 1. The van der Waals surface area contributed by atoms with Gasteiger partial charge in [-0.1, -0.05) is 5.16 Å². The Bertz CT molecular complexity index is 1130. The van der Waals surface area contributed by atoms with E-state index in [1.165, 1.54) is 16.4 Å². The number of amides is 1. The van der Waals surface area contributed by atoms with Gasteiger partial charge in [0.05, 0.1) is 4.90 Å². The summed E-state index contributed by atoms with van der Waals surface area (Å²) in [7, 11) is -3.76. The molecule has 0 aliphatic carbocycles. The number of hydrogen-bond donors (Lipinski definition) is 0. The van der Waals surface area contributed by atoms with Gasteiger partial charge in [-0.25, -0.2) is 12.8 Å². The van der Waals surface area contributed by atoms with Gasteiger partial charge in [-0.15, -0.1) is 0 Å². The van der Waals surface area contributed by atoms with Crippen molar-refractivity contribution in [1.29, 1.82) is 0 Å². The van der Waals surface area contributed by atoms with Crippen molar-refractivity contribution in [2.75, 3.05) is 26.2 Å². The van der Waals surface area contributed by atoms with E-state index in [-0.39, 0.29) is 36.1 Å². The summed E-state index contributed by atoms with van der Waals surface area (Å²) >= 11 is 0. The van der Waals surface area contributed by atoms with Crippen molar-refractivity contribution in [3.8, 4) is 11.3 Å². The van der Waals surface area contributed by atoms with Crippen molar-refractivity contribution in [1.82, 2.24) is 19.3 Å². The van der Waals surface area contributed by atoms with Gasteiger partial charge in [-0.2, -0.15) is 4.31 Å². The van der Waals surface area contributed by atoms with E-state index < -0.39 is 15.8 Å². The smallest absolute Gasteiger partial charge is 0.276 e. The van der Waals surface area contributed by atoms with Gasteiger partial charge in [0.2, 0.25) is 10.0 Å². The predicted molar refractivity (Wildman–Crippen MR) is 105 cm³/mol. The summed E-state index contributed by atoms with van der Waals surface area (Å²) < 4.78 is 45.4. The number of rotatable bonds is 4. The molecule has 1 aliphatic heterocycles. The molecule has 4 rings (SSSR count). The molecule has 1 fully saturated rings. The van der Waals surface area contributed by atoms with Crippen molar-refractivity contribution >= 4 is 15.9 Å². The van der Waals surface area contributed by atoms with Crippen LogP contribution in [0.15, 0.2) is 64.3 Å². The van der Waals surface area contributed by atoms with Crippen LogP contribution in [-0.4, -0.2) is 59.8 Å². The number of aromatic nitrogens is 2. The molecule has 3 aromatic rings. The van der Waals surface area contributed by atoms with Crippen LogP contribution in [0.5, 0.6) is 0 Å². The molecule has 0 radical (unpaired) electrons. The van der Waals surface area contributed by atoms with Gasteiger partial charge in [-0.3, -0.25) is 9.78 Å². The highest BCUT2D eigenvalue weighted by atomic mass is 32.2. The highest BCUT2D eigenvalue weighted by Crippen LogP contribution is 2.22. The van der Waals surface area contributed by atoms with Crippen LogP contribution in [-0.2, 0) is 10.0 Å². The summed E-state index contributed by atoms with van der Waals surface area (Å²) in [4.78, 5) is 18.4. The van der Waals surface area contributed by atoms with Crippen LogP contribution < -0.4 is 0 Å². The summed E-state index contributed by atoms with van der Waals surface area (Å²) in [5.74, 6) is -0.364. The minimum Gasteiger partial charge on any atom is -0.355 e. The maximum atomic E-state index is 13.1. The van der Waals surface area contributed by atoms with Crippen LogP contribution in [0.4, 0.5) is 4.39 Å². The Morgan fingerprint density at radius 3 is 2.47 bits per heavy atom. The summed E-state index contributed by atoms with van der Waals surface area (Å²) in [6.07, 6.45) is 3.70. The Morgan fingerprint density at radius 2 is 1.73 bits per heavy atom. The molecule has 3 heterocycles. The standard InChI is InChI=1S/C20H19FN4O4S/c21-16-2-4-17(5-3-16)30(27,28)25-11-1-10-24(12-13-25)20(26)18-14-19(29-23-18)15-6-8-22-9-7-15/h2-9,14H,1,10-13H2. The number of sulfonamides is 1. The molecule has 1 amide bonds. The summed E-state index contributed by atoms with van der Waals surface area (Å²) in [6.45, 7) is 1.02. The fourth-order valence-electron chi connectivity index (χ4n) is 3.28. The molecule has 10 heteroatoms. The second-order valence-electron chi connectivity index (χ2n) is 6.82. The Kier molecular flexibility index (Phi) is 5.60. The SMILES string of the molecule is O=C(c1cc(-c2ccncc2)on1)N1CCCN(S(=O)(=O)c2ccc(F)cc2)CC1. The first-order chi connectivity index (χ1) is 14.4. The fraction of sp³-hybridized carbons (Fsp3) is 0.250. The molecule has 156 valence electrons. The summed E-state index contributed by atoms with van der Waals surface area (Å²) in [5.41, 5.74) is 0.917. The Labute approximate surface area is 173 Å². The molecule has 0 N–H and O–H groups in total. The van der Waals surface area contributed by atoms with E-state index in [0.29, 0.717) is 18.7 Å². The lowest BCUT2D eigenvalue weighted by Gasteiger charge is -2.21. The molecule has 2 aromatic heterocycles. The molecule has 1 aromatic carbocycles. The second-order valence-corrected chi connectivity index (χ2v) is 8.75. The number of carbonyl (C=O) groups is 1. The highest BCUT2D eigenvalue weighted by Gasteiger charge is 2.29. The lowest BCUT2D eigenvalue weighted by Crippen LogP contribution is -2.37. The van der Waals surface area contributed by atoms with Gasteiger partial charge < -0.3 is 9.42 Å². The molecular weight excluding hydrogens is 411 g/mol. The van der Waals surface area contributed by atoms with Crippen molar-refractivity contribution in [2.45, 2.75) is 11.3 Å². The van der Waals surface area contributed by atoms with E-state index in [2.05, 4.69) is 10.1 Å². The van der Waals surface area contributed by atoms with Crippen molar-refractivity contribution < 1.29 is 22.1 Å². The first-order valence-electron chi connectivity index (χ1n) is 9.37. The number of halogens is 1. The van der Waals surface area contributed by atoms with E-state index in [4.69, 9.17) is 4.52 Å². The zero-order valence-corrected chi connectivity index (χ0v) is 16.8. The largest absolute Gasteiger partial charge is 0.355 e. The minimum atomic E-state index is -3.76. The monoisotopic (exact) mass is 430 g/mol. The van der Waals surface area contributed by atoms with Crippen LogP contribution in [0.1, 0.15) is 16.9 Å². The number of pyridine rings is 1. The third-order valence-electron chi connectivity index (χ3n) is 4.89. The average molecular weight is 430 g/mol. The first-order valence-corrected chi connectivity index (χ1v) is 10.8. The van der Waals surface area contributed by atoms with E-state index >= 15 is 0 Å². The molecule has 0 saturated carbocycles. The van der Waals surface area contributed by atoms with Crippen molar-refractivity contribution in [2.24, 2.45) is 0 Å². The predicted octanol–water partition coefficient (Wildman–Crippen LogP) is 2.41. The third-order valence-corrected chi connectivity index (χ3v) is 6.80. The summed E-state index contributed by atoms with van der Waals surface area (Å²) in [5, 5.41) is 3.87. The van der Waals surface area contributed by atoms with Crippen LogP contribution in [0.3, 0.4) is 0 Å². The number of hydrogen-bond acceptors (Lipinski definition) is 6. The average Bonchev–Trinajstić information content (AvgIpc) is 3.11. The molecule has 0 atom stereocenters. The van der Waals surface area contributed by atoms with Crippen molar-refractivity contribution in [3.05, 3.63) is 66.4 Å². The van der Waals surface area contributed by atoms with Gasteiger partial charge in [0.1, 0.15) is 5.82 Å². The molecule has 0 unspecified atom stereocenters. The first kappa shape index (κ1) is 20.2. The normalized spacial score (nSPS) is 15.7. The van der Waals surface area contributed by atoms with Crippen LogP contribution >= 0.6 is 0 Å². The van der Waals surface area contributed by atoms with Gasteiger partial charge in [0, 0.05) is 50.2 Å². The Morgan fingerprint density at radius 1 is 1.00 bits per heavy atom. The topological polar surface area (TPSA) is 96.6 Å². The maximum Gasteiger partial charge on any atom is 0.276 e. The fourth-order valence-corrected chi connectivity index (χ4v) is 4.75. The Hall–Kier alpha value is -3.11. The molecule has 1 saturated heterocycles. The van der Waals surface area contributed by atoms with Gasteiger partial charge >= 0.3 is 0 Å². The molecule has 8 nitrogen and oxygen atoms in total. The van der Waals surface area contributed by atoms with Gasteiger partial charge in [0.25, 0.3) is 5.91 Å². The van der Waals surface area contributed by atoms with E-state index in [0.717, 1.165) is 17.7 Å². The third kappa shape index (κ3) is 4.10. The zero-order valence-electron chi connectivity index (χ0n) is 15.9. The molecular formula is C20H19FN4O4S. The van der Waals surface area contributed by atoms with Crippen LogP contribution in [0.25, 0.3) is 11.3 Å². The number of benzene rings is 1. The lowest BCUT2D eigenvalue weighted by atomic mass is 10.2. The van der Waals surface area contributed by atoms with E-state index in [1.807, 2.05) is 0 Å². The lowest BCUT2D eigenvalue weighted by molar-refractivity contribution is 0.0754. The van der Waals surface area contributed by atoms with E-state index in [1.54, 1.807) is 35.5 Å². The molecule has 1 aliphatic rings. The zero-order chi connectivity index (χ0) is 21.1. The number of nitrogens with zero attached hydrogens (tertiary/aromatic N) is 4. The molecule has 0 spiro atoms. The van der Waals surface area contributed by atoms with Crippen LogP contribution in [0.2, 0.25) is 0 Å². The van der Waals surface area contributed by atoms with Crippen molar-refractivity contribution in [3.63, 3.8) is 0 Å². The second kappa shape index (κ2) is 8.33. The molecule has 0 bridgehead atoms. The summed E-state index contributed by atoms with van der Waals surface area (Å²) in [6, 6.07) is 9.79. The maximum absolute atomic E-state index is 13.1. The minimum absolute atomic E-state index is 0.0298. The molecule has 30 heavy (non-hydrogen) atoms. The van der Waals surface area contributed by atoms with E-state index in [9.17, 15) is 17.6 Å². The van der Waals surface area contributed by atoms with Gasteiger partial charge in [0.15, 0.2) is 11.5 Å². The van der Waals surface area contributed by atoms with Gasteiger partial charge in [-0.05, 0) is 42.8 Å². The Balaban J connectivity index is 1.46.